The SMILES string of the molecule is O=C(I)Cc1c[nH]c2ccccc12. The summed E-state index contributed by atoms with van der Waals surface area (Å²) in [4.78, 5) is 14.1. The van der Waals surface area contributed by atoms with Crippen LogP contribution in [0.1, 0.15) is 5.56 Å². The van der Waals surface area contributed by atoms with E-state index >= 15 is 0 Å². The van der Waals surface area contributed by atoms with Gasteiger partial charge in [0, 0.05) is 23.5 Å². The van der Waals surface area contributed by atoms with Crippen LogP contribution in [0.25, 0.3) is 10.9 Å². The lowest BCUT2D eigenvalue weighted by molar-refractivity contribution is -0.108. The fourth-order valence-corrected chi connectivity index (χ4v) is 1.84. The molecule has 0 fully saturated rings. The Balaban J connectivity index is 2.51. The molecule has 2 nitrogen and oxygen atoms in total. The molecule has 66 valence electrons. The monoisotopic (exact) mass is 285 g/mol. The third-order valence-electron chi connectivity index (χ3n) is 2.00. The van der Waals surface area contributed by atoms with Crippen LogP contribution in [-0.2, 0) is 11.2 Å². The van der Waals surface area contributed by atoms with Crippen molar-refractivity contribution in [2.24, 2.45) is 0 Å². The van der Waals surface area contributed by atoms with Crippen molar-refractivity contribution < 1.29 is 4.79 Å². The Morgan fingerprint density at radius 3 is 2.92 bits per heavy atom. The normalized spacial score (nSPS) is 10.5. The lowest BCUT2D eigenvalue weighted by Gasteiger charge is -1.92. The Bertz CT molecular complexity index is 447. The summed E-state index contributed by atoms with van der Waals surface area (Å²) in [5, 5.41) is 1.15. The molecule has 2 rings (SSSR count). The zero-order valence-corrected chi connectivity index (χ0v) is 9.04. The molecule has 1 N–H and O–H groups in total. The van der Waals surface area contributed by atoms with Crippen LogP contribution in [0.4, 0.5) is 0 Å². The average molecular weight is 285 g/mol. The van der Waals surface area contributed by atoms with E-state index in [4.69, 9.17) is 0 Å². The van der Waals surface area contributed by atoms with Crippen LogP contribution in [0.5, 0.6) is 0 Å². The second-order valence-corrected chi connectivity index (χ2v) is 4.09. The summed E-state index contributed by atoms with van der Waals surface area (Å²) >= 11 is 1.82. The maximum Gasteiger partial charge on any atom is 0.196 e. The van der Waals surface area contributed by atoms with Crippen molar-refractivity contribution in [3.63, 3.8) is 0 Å². The zero-order valence-electron chi connectivity index (χ0n) is 6.88. The van der Waals surface area contributed by atoms with E-state index in [9.17, 15) is 4.79 Å². The van der Waals surface area contributed by atoms with Gasteiger partial charge in [0.15, 0.2) is 3.79 Å². The third-order valence-corrected chi connectivity index (χ3v) is 2.39. The van der Waals surface area contributed by atoms with Crippen LogP contribution in [0.2, 0.25) is 0 Å². The summed E-state index contributed by atoms with van der Waals surface area (Å²) in [6.07, 6.45) is 2.41. The Morgan fingerprint density at radius 2 is 2.15 bits per heavy atom. The molecule has 0 bridgehead atoms. The molecule has 0 radical (unpaired) electrons. The van der Waals surface area contributed by atoms with Gasteiger partial charge in [0.05, 0.1) is 0 Å². The number of fused-ring (bicyclic) bond motifs is 1. The maximum atomic E-state index is 10.9. The van der Waals surface area contributed by atoms with Crippen molar-refractivity contribution in [1.82, 2.24) is 4.98 Å². The minimum atomic E-state index is 0.169. The van der Waals surface area contributed by atoms with Gasteiger partial charge in [0.1, 0.15) is 0 Å². The van der Waals surface area contributed by atoms with Gasteiger partial charge in [-0.25, -0.2) is 0 Å². The van der Waals surface area contributed by atoms with E-state index in [2.05, 4.69) is 4.98 Å². The van der Waals surface area contributed by atoms with Gasteiger partial charge in [-0.05, 0) is 34.2 Å². The van der Waals surface area contributed by atoms with Crippen molar-refractivity contribution in [2.75, 3.05) is 0 Å². The molecule has 0 aliphatic carbocycles. The fraction of sp³-hybridized carbons (Fsp3) is 0.100. The van der Waals surface area contributed by atoms with Gasteiger partial charge in [-0.2, -0.15) is 0 Å². The Kier molecular flexibility index (Phi) is 2.35. The van der Waals surface area contributed by atoms with E-state index in [1.807, 2.05) is 53.1 Å². The Labute approximate surface area is 89.5 Å². The maximum absolute atomic E-state index is 10.9. The average Bonchev–Trinajstić information content (AvgIpc) is 2.48. The first-order valence-corrected chi connectivity index (χ1v) is 5.08. The molecule has 0 spiro atoms. The molecular formula is C10H8INO. The number of benzene rings is 1. The molecule has 1 heterocycles. The first-order valence-electron chi connectivity index (χ1n) is 4.00. The van der Waals surface area contributed by atoms with Crippen LogP contribution in [0.3, 0.4) is 0 Å². The number of hydrogen-bond acceptors (Lipinski definition) is 1. The molecule has 0 aliphatic rings. The van der Waals surface area contributed by atoms with Gasteiger partial charge in [0.25, 0.3) is 0 Å². The molecule has 0 amide bonds. The third kappa shape index (κ3) is 1.75. The number of aromatic amines is 1. The molecule has 0 aliphatic heterocycles. The van der Waals surface area contributed by atoms with Gasteiger partial charge in [-0.3, -0.25) is 4.79 Å². The number of carbonyl (C=O) groups excluding carboxylic acids is 1. The minimum Gasteiger partial charge on any atom is -0.361 e. The van der Waals surface area contributed by atoms with Crippen LogP contribution in [0, 0.1) is 0 Å². The number of carbonyl (C=O) groups is 1. The number of aromatic nitrogens is 1. The van der Waals surface area contributed by atoms with Crippen LogP contribution in [-0.4, -0.2) is 8.77 Å². The van der Waals surface area contributed by atoms with E-state index < -0.39 is 0 Å². The highest BCUT2D eigenvalue weighted by atomic mass is 127. The van der Waals surface area contributed by atoms with E-state index in [-0.39, 0.29) is 3.79 Å². The van der Waals surface area contributed by atoms with Gasteiger partial charge in [-0.15, -0.1) is 0 Å². The van der Waals surface area contributed by atoms with Gasteiger partial charge in [-0.1, -0.05) is 18.2 Å². The van der Waals surface area contributed by atoms with Crippen molar-refractivity contribution >= 4 is 37.3 Å². The van der Waals surface area contributed by atoms with Crippen LogP contribution < -0.4 is 0 Å². The lowest BCUT2D eigenvalue weighted by Crippen LogP contribution is -1.90. The molecule has 0 atom stereocenters. The highest BCUT2D eigenvalue weighted by Crippen LogP contribution is 2.18. The second-order valence-electron chi connectivity index (χ2n) is 2.89. The van der Waals surface area contributed by atoms with Gasteiger partial charge < -0.3 is 4.98 Å². The number of rotatable bonds is 2. The summed E-state index contributed by atoms with van der Waals surface area (Å²) < 4.78 is 0.169. The first kappa shape index (κ1) is 8.74. The number of para-hydroxylation sites is 1. The zero-order chi connectivity index (χ0) is 9.26. The summed E-state index contributed by atoms with van der Waals surface area (Å²) in [6, 6.07) is 8.00. The van der Waals surface area contributed by atoms with Crippen molar-refractivity contribution in [2.45, 2.75) is 6.42 Å². The number of halogens is 1. The highest BCUT2D eigenvalue weighted by Gasteiger charge is 2.04. The molecule has 0 saturated heterocycles. The summed E-state index contributed by atoms with van der Waals surface area (Å²) in [5.74, 6) is 0. The quantitative estimate of drug-likeness (QED) is 0.668. The van der Waals surface area contributed by atoms with E-state index in [1.54, 1.807) is 0 Å². The number of hydrogen-bond donors (Lipinski definition) is 1. The molecule has 0 unspecified atom stereocenters. The first-order chi connectivity index (χ1) is 6.27. The largest absolute Gasteiger partial charge is 0.361 e. The van der Waals surface area contributed by atoms with Crippen molar-refractivity contribution in [3.8, 4) is 0 Å². The second kappa shape index (κ2) is 3.49. The van der Waals surface area contributed by atoms with Crippen molar-refractivity contribution in [3.05, 3.63) is 36.0 Å². The number of H-pyrrole nitrogens is 1. The molecular weight excluding hydrogens is 277 g/mol. The lowest BCUT2D eigenvalue weighted by atomic mass is 10.1. The predicted molar refractivity (Wildman–Crippen MR) is 61.0 cm³/mol. The summed E-state index contributed by atoms with van der Waals surface area (Å²) in [7, 11) is 0. The smallest absolute Gasteiger partial charge is 0.196 e. The van der Waals surface area contributed by atoms with Crippen molar-refractivity contribution in [1.29, 1.82) is 0 Å². The van der Waals surface area contributed by atoms with Crippen LogP contribution >= 0.6 is 22.6 Å². The van der Waals surface area contributed by atoms with Gasteiger partial charge >= 0.3 is 0 Å². The standard InChI is InChI=1S/C10H8INO/c11-10(13)5-7-6-12-9-4-2-1-3-8(7)9/h1-4,6,12H,5H2. The highest BCUT2D eigenvalue weighted by molar-refractivity contribution is 14.1. The summed E-state index contributed by atoms with van der Waals surface area (Å²) in [6.45, 7) is 0. The molecule has 2 aromatic rings. The molecule has 3 heteroatoms. The summed E-state index contributed by atoms with van der Waals surface area (Å²) in [5.41, 5.74) is 2.17. The fourth-order valence-electron chi connectivity index (χ4n) is 1.43. The Morgan fingerprint density at radius 1 is 1.38 bits per heavy atom. The van der Waals surface area contributed by atoms with Gasteiger partial charge in [0.2, 0.25) is 0 Å². The molecule has 0 saturated carbocycles. The topological polar surface area (TPSA) is 32.9 Å². The van der Waals surface area contributed by atoms with E-state index in [0.717, 1.165) is 16.5 Å². The molecule has 1 aromatic heterocycles. The minimum absolute atomic E-state index is 0.169. The van der Waals surface area contributed by atoms with Crippen LogP contribution in [0.15, 0.2) is 30.5 Å². The van der Waals surface area contributed by atoms with E-state index in [1.165, 1.54) is 0 Å². The molecule has 1 aromatic carbocycles. The van der Waals surface area contributed by atoms with E-state index in [0.29, 0.717) is 6.42 Å². The predicted octanol–water partition coefficient (Wildman–Crippen LogP) is 2.67. The Hall–Kier alpha value is -0.840. The molecule has 13 heavy (non-hydrogen) atoms. The number of nitrogens with one attached hydrogen (secondary N) is 1.